The molecule has 1 aromatic rings. The number of hydrogen-bond acceptors (Lipinski definition) is 4. The van der Waals surface area contributed by atoms with Crippen LogP contribution in [0.25, 0.3) is 6.08 Å². The van der Waals surface area contributed by atoms with Gasteiger partial charge >= 0.3 is 0 Å². The minimum atomic E-state index is -0.0673. The highest BCUT2D eigenvalue weighted by Crippen LogP contribution is 2.22. The molecule has 100 valence electrons. The third-order valence-corrected chi connectivity index (χ3v) is 4.64. The van der Waals surface area contributed by atoms with Crippen molar-refractivity contribution in [2.24, 2.45) is 0 Å². The Morgan fingerprint density at radius 1 is 1.50 bits per heavy atom. The molecule has 0 aliphatic heterocycles. The fourth-order valence-corrected chi connectivity index (χ4v) is 3.26. The molecule has 0 radical (unpaired) electrons. The number of thiophene rings is 1. The van der Waals surface area contributed by atoms with Crippen LogP contribution in [-0.4, -0.2) is 35.7 Å². The van der Waals surface area contributed by atoms with E-state index in [1.54, 1.807) is 29.2 Å². The van der Waals surface area contributed by atoms with Crippen LogP contribution in [0, 0.1) is 0 Å². The maximum absolute atomic E-state index is 11.5. The van der Waals surface area contributed by atoms with Crippen LogP contribution < -0.4 is 5.32 Å². The quantitative estimate of drug-likeness (QED) is 0.560. The Hall–Kier alpha value is -0.300. The van der Waals surface area contributed by atoms with Crippen molar-refractivity contribution in [3.63, 3.8) is 0 Å². The lowest BCUT2D eigenvalue weighted by Gasteiger charge is -2.01. The molecule has 0 unspecified atom stereocenters. The fourth-order valence-electron chi connectivity index (χ4n) is 1.15. The Morgan fingerprint density at radius 2 is 2.33 bits per heavy atom. The molecule has 0 saturated carbocycles. The maximum Gasteiger partial charge on any atom is 0.244 e. The van der Waals surface area contributed by atoms with Crippen molar-refractivity contribution in [2.75, 3.05) is 24.7 Å². The van der Waals surface area contributed by atoms with Crippen molar-refractivity contribution in [3.8, 4) is 0 Å². The minimum Gasteiger partial charge on any atom is -0.396 e. The number of aliphatic hydroxyl groups excluding tert-OH is 1. The van der Waals surface area contributed by atoms with Crippen molar-refractivity contribution in [3.05, 3.63) is 26.9 Å². The van der Waals surface area contributed by atoms with E-state index in [-0.39, 0.29) is 12.5 Å². The molecule has 1 amide bonds. The van der Waals surface area contributed by atoms with Crippen molar-refractivity contribution < 1.29 is 9.90 Å². The van der Waals surface area contributed by atoms with Gasteiger partial charge in [0.1, 0.15) is 0 Å². The average Bonchev–Trinajstić information content (AvgIpc) is 2.77. The summed E-state index contributed by atoms with van der Waals surface area (Å²) in [5.74, 6) is 1.75. The molecule has 18 heavy (non-hydrogen) atoms. The van der Waals surface area contributed by atoms with Gasteiger partial charge in [-0.2, -0.15) is 11.8 Å². The number of thioether (sulfide) groups is 1. The summed E-state index contributed by atoms with van der Waals surface area (Å²) < 4.78 is 1.06. The van der Waals surface area contributed by atoms with Crippen molar-refractivity contribution >= 4 is 51.0 Å². The molecule has 0 aliphatic rings. The summed E-state index contributed by atoms with van der Waals surface area (Å²) in [4.78, 5) is 12.5. The topological polar surface area (TPSA) is 49.3 Å². The van der Waals surface area contributed by atoms with Gasteiger partial charge in [-0.25, -0.2) is 0 Å². The molecule has 0 aliphatic carbocycles. The summed E-state index contributed by atoms with van der Waals surface area (Å²) in [5.41, 5.74) is 0. The Labute approximate surface area is 124 Å². The predicted octanol–water partition coefficient (Wildman–Crippen LogP) is 2.76. The van der Waals surface area contributed by atoms with E-state index < -0.39 is 0 Å². The van der Waals surface area contributed by atoms with Crippen LogP contribution in [0.15, 0.2) is 22.0 Å². The largest absolute Gasteiger partial charge is 0.396 e. The van der Waals surface area contributed by atoms with E-state index in [1.165, 1.54) is 0 Å². The van der Waals surface area contributed by atoms with Gasteiger partial charge in [0, 0.05) is 29.9 Å². The molecular weight excluding hydrogens is 334 g/mol. The van der Waals surface area contributed by atoms with E-state index in [9.17, 15) is 4.79 Å². The molecule has 1 heterocycles. The molecule has 0 atom stereocenters. The second-order valence-corrected chi connectivity index (χ2v) is 7.18. The number of rotatable bonds is 8. The summed E-state index contributed by atoms with van der Waals surface area (Å²) in [6, 6.07) is 3.92. The van der Waals surface area contributed by atoms with Crippen molar-refractivity contribution in [2.45, 2.75) is 6.42 Å². The first-order valence-electron chi connectivity index (χ1n) is 5.62. The Bertz CT molecular complexity index is 393. The van der Waals surface area contributed by atoms with Gasteiger partial charge in [-0.05, 0) is 46.3 Å². The second kappa shape index (κ2) is 9.61. The molecule has 1 aromatic heterocycles. The van der Waals surface area contributed by atoms with E-state index in [4.69, 9.17) is 5.11 Å². The third kappa shape index (κ3) is 7.20. The molecule has 1 rings (SSSR count). The third-order valence-electron chi connectivity index (χ3n) is 1.99. The summed E-state index contributed by atoms with van der Waals surface area (Å²) in [6.07, 6.45) is 4.17. The first kappa shape index (κ1) is 15.8. The fraction of sp³-hybridized carbons (Fsp3) is 0.417. The number of carbonyl (C=O) groups is 1. The van der Waals surface area contributed by atoms with Gasteiger partial charge < -0.3 is 10.4 Å². The summed E-state index contributed by atoms with van der Waals surface area (Å²) in [7, 11) is 0. The summed E-state index contributed by atoms with van der Waals surface area (Å²) >= 11 is 6.70. The van der Waals surface area contributed by atoms with Gasteiger partial charge in [-0.3, -0.25) is 4.79 Å². The molecule has 6 heteroatoms. The van der Waals surface area contributed by atoms with Gasteiger partial charge in [-0.1, -0.05) is 0 Å². The lowest BCUT2D eigenvalue weighted by molar-refractivity contribution is -0.116. The number of aliphatic hydroxyl groups is 1. The van der Waals surface area contributed by atoms with Crippen molar-refractivity contribution in [1.82, 2.24) is 5.32 Å². The zero-order chi connectivity index (χ0) is 13.2. The number of halogens is 1. The van der Waals surface area contributed by atoms with Crippen LogP contribution in [0.1, 0.15) is 11.3 Å². The molecule has 0 saturated heterocycles. The van der Waals surface area contributed by atoms with E-state index in [0.717, 1.165) is 26.6 Å². The standard InChI is InChI=1S/C12H16BrNO2S2/c13-11-4-2-10(18-11)3-5-12(16)14-6-9-17-8-1-7-15/h2-5,15H,1,6-9H2,(H,14,16)/b5-3+. The smallest absolute Gasteiger partial charge is 0.244 e. The minimum absolute atomic E-state index is 0.0673. The van der Waals surface area contributed by atoms with E-state index in [1.807, 2.05) is 18.2 Å². The highest BCUT2D eigenvalue weighted by atomic mass is 79.9. The molecule has 0 aromatic carbocycles. The van der Waals surface area contributed by atoms with Gasteiger partial charge in [0.05, 0.1) is 3.79 Å². The van der Waals surface area contributed by atoms with Crippen LogP contribution in [0.5, 0.6) is 0 Å². The van der Waals surface area contributed by atoms with E-state index >= 15 is 0 Å². The Morgan fingerprint density at radius 3 is 3.00 bits per heavy atom. The first-order valence-corrected chi connectivity index (χ1v) is 8.38. The SMILES string of the molecule is O=C(/C=C/c1ccc(Br)s1)NCCSCCCO. The van der Waals surface area contributed by atoms with Crippen LogP contribution in [-0.2, 0) is 4.79 Å². The number of carbonyl (C=O) groups excluding carboxylic acids is 1. The lowest BCUT2D eigenvalue weighted by atomic mass is 10.4. The summed E-state index contributed by atoms with van der Waals surface area (Å²) in [6.45, 7) is 0.895. The number of hydrogen-bond donors (Lipinski definition) is 2. The number of nitrogens with one attached hydrogen (secondary N) is 1. The highest BCUT2D eigenvalue weighted by Gasteiger charge is 1.97. The molecule has 0 fully saturated rings. The van der Waals surface area contributed by atoms with Crippen LogP contribution in [0.3, 0.4) is 0 Å². The molecule has 2 N–H and O–H groups in total. The average molecular weight is 350 g/mol. The summed E-state index contributed by atoms with van der Waals surface area (Å²) in [5, 5.41) is 11.4. The predicted molar refractivity (Wildman–Crippen MR) is 83.1 cm³/mol. The molecule has 0 bridgehead atoms. The highest BCUT2D eigenvalue weighted by molar-refractivity contribution is 9.11. The van der Waals surface area contributed by atoms with Gasteiger partial charge in [0.2, 0.25) is 5.91 Å². The van der Waals surface area contributed by atoms with E-state index in [2.05, 4.69) is 21.2 Å². The zero-order valence-electron chi connectivity index (χ0n) is 9.89. The van der Waals surface area contributed by atoms with E-state index in [0.29, 0.717) is 6.54 Å². The van der Waals surface area contributed by atoms with Gasteiger partial charge in [0.15, 0.2) is 0 Å². The Balaban J connectivity index is 2.12. The molecule has 3 nitrogen and oxygen atoms in total. The molecular formula is C12H16BrNO2S2. The number of amides is 1. The van der Waals surface area contributed by atoms with Crippen LogP contribution in [0.2, 0.25) is 0 Å². The monoisotopic (exact) mass is 349 g/mol. The Kier molecular flexibility index (Phi) is 8.41. The van der Waals surface area contributed by atoms with Crippen LogP contribution >= 0.6 is 39.0 Å². The zero-order valence-corrected chi connectivity index (χ0v) is 13.1. The van der Waals surface area contributed by atoms with Crippen LogP contribution in [0.4, 0.5) is 0 Å². The van der Waals surface area contributed by atoms with Gasteiger partial charge in [-0.15, -0.1) is 11.3 Å². The van der Waals surface area contributed by atoms with Crippen molar-refractivity contribution in [1.29, 1.82) is 0 Å². The first-order chi connectivity index (χ1) is 8.72. The van der Waals surface area contributed by atoms with Gasteiger partial charge in [0.25, 0.3) is 0 Å². The lowest BCUT2D eigenvalue weighted by Crippen LogP contribution is -2.23. The molecule has 0 spiro atoms. The second-order valence-electron chi connectivity index (χ2n) is 3.46. The normalized spacial score (nSPS) is 11.0. The maximum atomic E-state index is 11.5.